The van der Waals surface area contributed by atoms with Crippen molar-refractivity contribution in [3.63, 3.8) is 0 Å². The Kier molecular flexibility index (Phi) is 1.66. The van der Waals surface area contributed by atoms with Gasteiger partial charge in [0, 0.05) is 6.07 Å². The zero-order chi connectivity index (χ0) is 9.42. The Balaban J connectivity index is 2.41. The maximum absolute atomic E-state index is 10.4. The number of ether oxygens (including phenoxy) is 1. The fraction of sp³-hybridized carbons (Fsp3) is 0.250. The van der Waals surface area contributed by atoms with E-state index in [-0.39, 0.29) is 17.5 Å². The summed E-state index contributed by atoms with van der Waals surface area (Å²) in [5.74, 6) is -0.311. The van der Waals surface area contributed by atoms with E-state index in [9.17, 15) is 10.1 Å². The van der Waals surface area contributed by atoms with E-state index in [1.54, 1.807) is 6.07 Å². The van der Waals surface area contributed by atoms with Crippen LogP contribution in [0, 0.1) is 10.1 Å². The van der Waals surface area contributed by atoms with E-state index >= 15 is 0 Å². The Morgan fingerprint density at radius 3 is 2.85 bits per heavy atom. The molecule has 1 aliphatic heterocycles. The second-order valence-corrected chi connectivity index (χ2v) is 2.83. The number of rotatable bonds is 2. The highest BCUT2D eigenvalue weighted by atomic mass is 16.6. The summed E-state index contributed by atoms with van der Waals surface area (Å²) in [6, 6.07) is 4.28. The Bertz CT molecular complexity index is 359. The predicted molar refractivity (Wildman–Crippen MR) is 43.5 cm³/mol. The van der Waals surface area contributed by atoms with E-state index in [0.717, 1.165) is 5.56 Å². The van der Waals surface area contributed by atoms with Gasteiger partial charge in [-0.05, 0) is 11.6 Å². The average molecular weight is 181 g/mol. The molecule has 0 amide bonds. The predicted octanol–water partition coefficient (Wildman–Crippen LogP) is 1.37. The van der Waals surface area contributed by atoms with Crippen molar-refractivity contribution < 1.29 is 14.8 Å². The van der Waals surface area contributed by atoms with Crippen molar-refractivity contribution in [2.75, 3.05) is 6.61 Å². The lowest BCUT2D eigenvalue weighted by molar-refractivity contribution is -0.385. The standard InChI is InChI=1S/C8H7NO4/c10-7-2-1-5(8-4-13-8)3-6(7)9(11)12/h1-3,8,10H,4H2/t8-/m0/s1. The number of nitrogens with zero attached hydrogens (tertiary/aromatic N) is 1. The van der Waals surface area contributed by atoms with Crippen molar-refractivity contribution in [2.24, 2.45) is 0 Å². The summed E-state index contributed by atoms with van der Waals surface area (Å²) in [6.07, 6.45) is -0.0284. The highest BCUT2D eigenvalue weighted by Crippen LogP contribution is 2.35. The highest BCUT2D eigenvalue weighted by molar-refractivity contribution is 5.48. The summed E-state index contributed by atoms with van der Waals surface area (Å²) in [5, 5.41) is 19.5. The van der Waals surface area contributed by atoms with Crippen molar-refractivity contribution in [2.45, 2.75) is 6.10 Å². The Hall–Kier alpha value is -1.62. The first-order valence-corrected chi connectivity index (χ1v) is 3.77. The van der Waals surface area contributed by atoms with Crippen LogP contribution in [0.3, 0.4) is 0 Å². The maximum Gasteiger partial charge on any atom is 0.311 e. The SMILES string of the molecule is O=[N+]([O-])c1cc([C@@H]2CO2)ccc1O. The summed E-state index contributed by atoms with van der Waals surface area (Å²) in [7, 11) is 0. The number of epoxide rings is 1. The van der Waals surface area contributed by atoms with Crippen LogP contribution in [0.5, 0.6) is 5.75 Å². The lowest BCUT2D eigenvalue weighted by atomic mass is 10.1. The van der Waals surface area contributed by atoms with Crippen LogP contribution in [0.25, 0.3) is 0 Å². The number of phenols is 1. The van der Waals surface area contributed by atoms with Crippen LogP contribution in [0.15, 0.2) is 18.2 Å². The third kappa shape index (κ3) is 1.46. The van der Waals surface area contributed by atoms with Crippen LogP contribution in [-0.4, -0.2) is 16.6 Å². The van der Waals surface area contributed by atoms with Gasteiger partial charge < -0.3 is 9.84 Å². The molecule has 0 radical (unpaired) electrons. The number of hydrogen-bond acceptors (Lipinski definition) is 4. The van der Waals surface area contributed by atoms with Gasteiger partial charge in [0.05, 0.1) is 11.5 Å². The molecule has 2 rings (SSSR count). The third-order valence-electron chi connectivity index (χ3n) is 1.90. The molecule has 0 bridgehead atoms. The molecule has 5 heteroatoms. The summed E-state index contributed by atoms with van der Waals surface area (Å²) >= 11 is 0. The first-order valence-electron chi connectivity index (χ1n) is 3.77. The number of benzene rings is 1. The fourth-order valence-corrected chi connectivity index (χ4v) is 1.13. The zero-order valence-corrected chi connectivity index (χ0v) is 6.64. The fourth-order valence-electron chi connectivity index (χ4n) is 1.13. The maximum atomic E-state index is 10.4. The van der Waals surface area contributed by atoms with Gasteiger partial charge in [0.1, 0.15) is 6.10 Å². The normalized spacial score (nSPS) is 19.8. The molecule has 1 aromatic carbocycles. The number of aromatic hydroxyl groups is 1. The van der Waals surface area contributed by atoms with E-state index in [2.05, 4.69) is 0 Å². The number of phenolic OH excluding ortho intramolecular Hbond substituents is 1. The van der Waals surface area contributed by atoms with E-state index in [4.69, 9.17) is 9.84 Å². The molecule has 1 atom stereocenters. The van der Waals surface area contributed by atoms with Crippen molar-refractivity contribution in [1.29, 1.82) is 0 Å². The van der Waals surface area contributed by atoms with Gasteiger partial charge in [-0.1, -0.05) is 6.07 Å². The Morgan fingerprint density at radius 2 is 2.31 bits per heavy atom. The van der Waals surface area contributed by atoms with Crippen LogP contribution in [0.4, 0.5) is 5.69 Å². The molecule has 1 saturated heterocycles. The molecule has 13 heavy (non-hydrogen) atoms. The second-order valence-electron chi connectivity index (χ2n) is 2.83. The van der Waals surface area contributed by atoms with Gasteiger partial charge in [-0.15, -0.1) is 0 Å². The summed E-state index contributed by atoms with van der Waals surface area (Å²) < 4.78 is 4.96. The third-order valence-corrected chi connectivity index (χ3v) is 1.90. The van der Waals surface area contributed by atoms with Crippen molar-refractivity contribution in [3.8, 4) is 5.75 Å². The molecule has 5 nitrogen and oxygen atoms in total. The molecular formula is C8H7NO4. The van der Waals surface area contributed by atoms with Crippen molar-refractivity contribution in [3.05, 3.63) is 33.9 Å². The minimum Gasteiger partial charge on any atom is -0.502 e. The molecule has 0 saturated carbocycles. The van der Waals surface area contributed by atoms with Gasteiger partial charge in [-0.3, -0.25) is 10.1 Å². The minimum absolute atomic E-state index is 0.0284. The smallest absolute Gasteiger partial charge is 0.311 e. The van der Waals surface area contributed by atoms with Crippen LogP contribution < -0.4 is 0 Å². The number of nitro benzene ring substituents is 1. The van der Waals surface area contributed by atoms with Gasteiger partial charge in [0.15, 0.2) is 5.75 Å². The summed E-state index contributed by atoms with van der Waals surface area (Å²) in [6.45, 7) is 0.599. The lowest BCUT2D eigenvalue weighted by Crippen LogP contribution is -1.90. The molecule has 68 valence electrons. The van der Waals surface area contributed by atoms with Gasteiger partial charge in [-0.25, -0.2) is 0 Å². The molecular weight excluding hydrogens is 174 g/mol. The number of hydrogen-bond donors (Lipinski definition) is 1. The average Bonchev–Trinajstić information content (AvgIpc) is 2.87. The van der Waals surface area contributed by atoms with Gasteiger partial charge in [0.25, 0.3) is 0 Å². The van der Waals surface area contributed by atoms with Crippen LogP contribution in [0.2, 0.25) is 0 Å². The van der Waals surface area contributed by atoms with Gasteiger partial charge >= 0.3 is 5.69 Å². The van der Waals surface area contributed by atoms with E-state index in [0.29, 0.717) is 6.61 Å². The lowest BCUT2D eigenvalue weighted by Gasteiger charge is -1.97. The van der Waals surface area contributed by atoms with E-state index < -0.39 is 4.92 Å². The van der Waals surface area contributed by atoms with E-state index in [1.807, 2.05) is 0 Å². The Labute approximate surface area is 73.7 Å². The van der Waals surface area contributed by atoms with Gasteiger partial charge in [-0.2, -0.15) is 0 Å². The molecule has 1 N–H and O–H groups in total. The zero-order valence-electron chi connectivity index (χ0n) is 6.64. The first-order chi connectivity index (χ1) is 6.18. The van der Waals surface area contributed by atoms with Crippen LogP contribution in [0.1, 0.15) is 11.7 Å². The molecule has 0 aromatic heterocycles. The van der Waals surface area contributed by atoms with E-state index in [1.165, 1.54) is 12.1 Å². The monoisotopic (exact) mass is 181 g/mol. The minimum atomic E-state index is -0.610. The molecule has 0 unspecified atom stereocenters. The van der Waals surface area contributed by atoms with Crippen LogP contribution in [-0.2, 0) is 4.74 Å². The quantitative estimate of drug-likeness (QED) is 0.424. The molecule has 0 spiro atoms. The topological polar surface area (TPSA) is 75.9 Å². The molecule has 0 aliphatic carbocycles. The molecule has 1 heterocycles. The van der Waals surface area contributed by atoms with Gasteiger partial charge in [0.2, 0.25) is 0 Å². The molecule has 1 aliphatic rings. The summed E-state index contributed by atoms with van der Waals surface area (Å²) in [5.41, 5.74) is 0.470. The molecule has 1 aromatic rings. The second kappa shape index (κ2) is 2.70. The highest BCUT2D eigenvalue weighted by Gasteiger charge is 2.27. The first kappa shape index (κ1) is 8.00. The molecule has 1 fully saturated rings. The van der Waals surface area contributed by atoms with Crippen molar-refractivity contribution >= 4 is 5.69 Å². The largest absolute Gasteiger partial charge is 0.502 e. The summed E-state index contributed by atoms with van der Waals surface area (Å²) in [4.78, 5) is 9.81. The number of nitro groups is 1. The van der Waals surface area contributed by atoms with Crippen LogP contribution >= 0.6 is 0 Å². The Morgan fingerprint density at radius 1 is 1.62 bits per heavy atom. The van der Waals surface area contributed by atoms with Crippen molar-refractivity contribution in [1.82, 2.24) is 0 Å².